The maximum atomic E-state index is 10.9. The summed E-state index contributed by atoms with van der Waals surface area (Å²) in [6, 6.07) is 0. The Morgan fingerprint density at radius 1 is 1.31 bits per heavy atom. The molecule has 0 unspecified atom stereocenters. The lowest BCUT2D eigenvalue weighted by Gasteiger charge is -2.23. The second kappa shape index (κ2) is 7.55. The molecule has 0 aliphatic rings. The Morgan fingerprint density at radius 2 is 1.85 bits per heavy atom. The molecule has 0 heterocycles. The van der Waals surface area contributed by atoms with E-state index < -0.39 is 0 Å². The lowest BCUT2D eigenvalue weighted by atomic mass is 10.3. The number of halogens is 1. The number of esters is 1. The molecule has 80 valence electrons. The van der Waals surface area contributed by atoms with Gasteiger partial charge in [-0.3, -0.25) is 4.79 Å². The van der Waals surface area contributed by atoms with Gasteiger partial charge in [0.1, 0.15) is 0 Å². The third kappa shape index (κ3) is 12.2. The van der Waals surface area contributed by atoms with Gasteiger partial charge >= 0.3 is 5.97 Å². The molecule has 0 fully saturated rings. The van der Waals surface area contributed by atoms with E-state index in [1.54, 1.807) is 0 Å². The lowest BCUT2D eigenvalue weighted by molar-refractivity contribution is -0.870. The minimum absolute atomic E-state index is 0. The van der Waals surface area contributed by atoms with Crippen LogP contribution in [0.15, 0.2) is 0 Å². The lowest BCUT2D eigenvalue weighted by Crippen LogP contribution is -3.00. The number of rotatable bonds is 5. The van der Waals surface area contributed by atoms with E-state index in [9.17, 15) is 4.79 Å². The molecular weight excluding hydrogens is 281 g/mol. The molecule has 0 radical (unpaired) electrons. The van der Waals surface area contributed by atoms with E-state index >= 15 is 0 Å². The molecule has 0 spiro atoms. The first-order valence-electron chi connectivity index (χ1n) is 4.42. The highest BCUT2D eigenvalue weighted by Crippen LogP contribution is 1.98. The topological polar surface area (TPSA) is 26.3 Å². The first-order chi connectivity index (χ1) is 5.45. The Labute approximate surface area is 98.0 Å². The second-order valence-corrected chi connectivity index (χ2v) is 3.92. The van der Waals surface area contributed by atoms with Crippen molar-refractivity contribution < 1.29 is 38.0 Å². The summed E-state index contributed by atoms with van der Waals surface area (Å²) >= 11 is 0. The molecule has 0 saturated carbocycles. The Bertz CT molecular complexity index is 143. The van der Waals surface area contributed by atoms with Crippen LogP contribution < -0.4 is 24.0 Å². The zero-order valence-corrected chi connectivity index (χ0v) is 11.1. The van der Waals surface area contributed by atoms with Gasteiger partial charge in [-0.25, -0.2) is 0 Å². The van der Waals surface area contributed by atoms with Crippen molar-refractivity contribution in [2.24, 2.45) is 0 Å². The van der Waals surface area contributed by atoms with Crippen molar-refractivity contribution in [1.29, 1.82) is 0 Å². The van der Waals surface area contributed by atoms with Crippen LogP contribution in [0.1, 0.15) is 19.8 Å². The SMILES string of the molecule is CCOC(=O)CCC[N+](C)(C)C.[I-]. The third-order valence-electron chi connectivity index (χ3n) is 1.52. The van der Waals surface area contributed by atoms with Gasteiger partial charge in [0.15, 0.2) is 0 Å². The van der Waals surface area contributed by atoms with E-state index in [0.717, 1.165) is 17.4 Å². The van der Waals surface area contributed by atoms with E-state index in [-0.39, 0.29) is 29.9 Å². The number of quaternary nitrogens is 1. The quantitative estimate of drug-likeness (QED) is 0.335. The van der Waals surface area contributed by atoms with E-state index in [1.165, 1.54) is 0 Å². The fourth-order valence-corrected chi connectivity index (χ4v) is 0.931. The van der Waals surface area contributed by atoms with Crippen molar-refractivity contribution >= 4 is 5.97 Å². The van der Waals surface area contributed by atoms with E-state index in [1.807, 2.05) is 6.92 Å². The van der Waals surface area contributed by atoms with Crippen LogP contribution in [-0.4, -0.2) is 44.7 Å². The number of hydrogen-bond donors (Lipinski definition) is 0. The van der Waals surface area contributed by atoms with E-state index in [4.69, 9.17) is 4.74 Å². The van der Waals surface area contributed by atoms with Crippen LogP contribution in [-0.2, 0) is 9.53 Å². The summed E-state index contributed by atoms with van der Waals surface area (Å²) in [4.78, 5) is 10.9. The van der Waals surface area contributed by atoms with Gasteiger partial charge in [-0.2, -0.15) is 0 Å². The van der Waals surface area contributed by atoms with Gasteiger partial charge in [-0.05, 0) is 6.92 Å². The van der Waals surface area contributed by atoms with Crippen LogP contribution in [0.3, 0.4) is 0 Å². The molecule has 0 aromatic heterocycles. The summed E-state index contributed by atoms with van der Waals surface area (Å²) in [7, 11) is 6.35. The fraction of sp³-hybridized carbons (Fsp3) is 0.889. The number of carbonyl (C=O) groups excluding carboxylic acids is 1. The molecule has 0 aromatic rings. The summed E-state index contributed by atoms with van der Waals surface area (Å²) in [6.45, 7) is 3.33. The van der Waals surface area contributed by atoms with Gasteiger partial charge in [-0.15, -0.1) is 0 Å². The fourth-order valence-electron chi connectivity index (χ4n) is 0.931. The van der Waals surface area contributed by atoms with Crippen molar-refractivity contribution in [3.8, 4) is 0 Å². The highest BCUT2D eigenvalue weighted by atomic mass is 127. The molecule has 3 nitrogen and oxygen atoms in total. The molecule has 0 N–H and O–H groups in total. The first-order valence-corrected chi connectivity index (χ1v) is 4.42. The van der Waals surface area contributed by atoms with E-state index in [0.29, 0.717) is 13.0 Å². The molecule has 0 aliphatic carbocycles. The van der Waals surface area contributed by atoms with Crippen LogP contribution in [0, 0.1) is 0 Å². The molecule has 0 bridgehead atoms. The van der Waals surface area contributed by atoms with Crippen LogP contribution >= 0.6 is 0 Å². The number of ether oxygens (including phenoxy) is 1. The molecule has 0 aliphatic heterocycles. The number of carbonyl (C=O) groups is 1. The Balaban J connectivity index is 0. The predicted molar refractivity (Wildman–Crippen MR) is 48.8 cm³/mol. The summed E-state index contributed by atoms with van der Waals surface area (Å²) in [6.07, 6.45) is 1.45. The zero-order valence-electron chi connectivity index (χ0n) is 8.97. The van der Waals surface area contributed by atoms with Crippen LogP contribution in [0.25, 0.3) is 0 Å². The van der Waals surface area contributed by atoms with Gasteiger partial charge in [0.25, 0.3) is 0 Å². The normalized spacial score (nSPS) is 10.5. The van der Waals surface area contributed by atoms with Crippen molar-refractivity contribution in [1.82, 2.24) is 0 Å². The average Bonchev–Trinajstić information content (AvgIpc) is 1.84. The number of nitrogens with zero attached hydrogens (tertiary/aromatic N) is 1. The van der Waals surface area contributed by atoms with Gasteiger partial charge in [0.2, 0.25) is 0 Å². The Morgan fingerprint density at radius 3 is 2.23 bits per heavy atom. The average molecular weight is 301 g/mol. The van der Waals surface area contributed by atoms with Crippen LogP contribution in [0.4, 0.5) is 0 Å². The van der Waals surface area contributed by atoms with Gasteiger partial charge < -0.3 is 33.2 Å². The predicted octanol–water partition coefficient (Wildman–Crippen LogP) is -1.96. The van der Waals surface area contributed by atoms with Crippen molar-refractivity contribution in [3.05, 3.63) is 0 Å². The van der Waals surface area contributed by atoms with Crippen LogP contribution in [0.5, 0.6) is 0 Å². The van der Waals surface area contributed by atoms with Gasteiger partial charge in [-0.1, -0.05) is 0 Å². The summed E-state index contributed by atoms with van der Waals surface area (Å²) in [5, 5.41) is 0. The maximum absolute atomic E-state index is 10.9. The largest absolute Gasteiger partial charge is 1.00 e. The first kappa shape index (κ1) is 15.6. The highest BCUT2D eigenvalue weighted by molar-refractivity contribution is 5.69. The molecular formula is C9H20INO2. The van der Waals surface area contributed by atoms with Crippen molar-refractivity contribution in [2.75, 3.05) is 34.3 Å². The molecule has 0 amide bonds. The third-order valence-corrected chi connectivity index (χ3v) is 1.52. The smallest absolute Gasteiger partial charge is 0.305 e. The standard InChI is InChI=1S/C9H20NO2.HI/c1-5-12-9(11)7-6-8-10(2,3)4;/h5-8H2,1-4H3;1H/q+1;/p-1. The Hall–Kier alpha value is 0.160. The van der Waals surface area contributed by atoms with Crippen molar-refractivity contribution in [3.63, 3.8) is 0 Å². The molecule has 4 heteroatoms. The summed E-state index contributed by atoms with van der Waals surface area (Å²) < 4.78 is 5.71. The molecule has 13 heavy (non-hydrogen) atoms. The minimum atomic E-state index is -0.0778. The van der Waals surface area contributed by atoms with Crippen molar-refractivity contribution in [2.45, 2.75) is 19.8 Å². The monoisotopic (exact) mass is 301 g/mol. The summed E-state index contributed by atoms with van der Waals surface area (Å²) in [5.74, 6) is -0.0778. The maximum Gasteiger partial charge on any atom is 0.305 e. The highest BCUT2D eigenvalue weighted by Gasteiger charge is 2.08. The molecule has 0 atom stereocenters. The number of hydrogen-bond acceptors (Lipinski definition) is 2. The molecule has 0 rings (SSSR count). The summed E-state index contributed by atoms with van der Waals surface area (Å²) in [5.41, 5.74) is 0. The van der Waals surface area contributed by atoms with Gasteiger partial charge in [0.05, 0.1) is 40.7 Å². The second-order valence-electron chi connectivity index (χ2n) is 3.92. The van der Waals surface area contributed by atoms with Crippen LogP contribution in [0.2, 0.25) is 0 Å². The van der Waals surface area contributed by atoms with Gasteiger partial charge in [0, 0.05) is 6.42 Å². The van der Waals surface area contributed by atoms with E-state index in [2.05, 4.69) is 21.1 Å². The molecule has 0 saturated heterocycles. The zero-order chi connectivity index (χ0) is 9.61. The minimum Gasteiger partial charge on any atom is -1.00 e. The Kier molecular flexibility index (Phi) is 9.08. The molecule has 0 aromatic carbocycles.